The summed E-state index contributed by atoms with van der Waals surface area (Å²) in [5.74, 6) is 1.47. The highest BCUT2D eigenvalue weighted by Crippen LogP contribution is 2.36. The second kappa shape index (κ2) is 7.53. The van der Waals surface area contributed by atoms with Crippen LogP contribution >= 0.6 is 0 Å². The molecular weight excluding hydrogens is 340 g/mol. The predicted octanol–water partition coefficient (Wildman–Crippen LogP) is 3.65. The highest BCUT2D eigenvalue weighted by atomic mass is 16.5. The summed E-state index contributed by atoms with van der Waals surface area (Å²) >= 11 is 0. The summed E-state index contributed by atoms with van der Waals surface area (Å²) in [6, 6.07) is 6.10. The van der Waals surface area contributed by atoms with Gasteiger partial charge in [-0.1, -0.05) is 53.5 Å². The number of fused-ring (bicyclic) bond motifs is 1. The fourth-order valence-corrected chi connectivity index (χ4v) is 4.02. The van der Waals surface area contributed by atoms with Gasteiger partial charge in [0, 0.05) is 6.04 Å². The molecule has 27 heavy (non-hydrogen) atoms. The standard InChI is InChI=1S/C22H32N2O3/c1-14-7-6-8-17(15(14)2)23-20(25)12-24-18-11-16(22(3,4)5)9-10-19(18)27-13-21(24)26/h9-11,14-15,17H,6-8,12-13H2,1-5H3,(H,23,25)/t14-,15+,17-/m1/s1. The molecule has 1 fully saturated rings. The second-order valence-electron chi connectivity index (χ2n) is 9.14. The smallest absolute Gasteiger partial charge is 0.265 e. The molecule has 1 aliphatic carbocycles. The minimum Gasteiger partial charge on any atom is -0.482 e. The van der Waals surface area contributed by atoms with Crippen LogP contribution in [0.2, 0.25) is 0 Å². The Morgan fingerprint density at radius 3 is 2.70 bits per heavy atom. The quantitative estimate of drug-likeness (QED) is 0.881. The van der Waals surface area contributed by atoms with Gasteiger partial charge in [-0.25, -0.2) is 0 Å². The van der Waals surface area contributed by atoms with E-state index in [1.165, 1.54) is 6.42 Å². The largest absolute Gasteiger partial charge is 0.482 e. The van der Waals surface area contributed by atoms with Crippen LogP contribution in [0, 0.1) is 11.8 Å². The summed E-state index contributed by atoms with van der Waals surface area (Å²) in [5, 5.41) is 3.17. The van der Waals surface area contributed by atoms with Gasteiger partial charge in [0.15, 0.2) is 6.61 Å². The SMILES string of the molecule is C[C@H]1[C@H](C)CCC[C@H]1NC(=O)CN1C(=O)COc2ccc(C(C)(C)C)cc21. The van der Waals surface area contributed by atoms with Crippen molar-refractivity contribution >= 4 is 17.5 Å². The first kappa shape index (κ1) is 19.7. The molecule has 1 N–H and O–H groups in total. The van der Waals surface area contributed by atoms with E-state index < -0.39 is 0 Å². The van der Waals surface area contributed by atoms with Gasteiger partial charge in [0.1, 0.15) is 12.3 Å². The lowest BCUT2D eigenvalue weighted by Gasteiger charge is -2.35. The maximum atomic E-state index is 12.7. The van der Waals surface area contributed by atoms with E-state index in [9.17, 15) is 9.59 Å². The molecule has 148 valence electrons. The molecule has 0 saturated heterocycles. The molecule has 1 aliphatic heterocycles. The molecule has 3 atom stereocenters. The van der Waals surface area contributed by atoms with E-state index in [4.69, 9.17) is 4.74 Å². The van der Waals surface area contributed by atoms with Gasteiger partial charge in [0.2, 0.25) is 5.91 Å². The van der Waals surface area contributed by atoms with Gasteiger partial charge < -0.3 is 10.1 Å². The van der Waals surface area contributed by atoms with E-state index in [0.29, 0.717) is 23.3 Å². The van der Waals surface area contributed by atoms with Crippen molar-refractivity contribution in [3.8, 4) is 5.75 Å². The molecule has 3 rings (SSSR count). The summed E-state index contributed by atoms with van der Waals surface area (Å²) in [4.78, 5) is 26.8. The van der Waals surface area contributed by atoms with Crippen molar-refractivity contribution in [2.45, 2.75) is 65.3 Å². The molecule has 5 nitrogen and oxygen atoms in total. The van der Waals surface area contributed by atoms with Crippen molar-refractivity contribution in [1.82, 2.24) is 5.32 Å². The van der Waals surface area contributed by atoms with Crippen molar-refractivity contribution in [1.29, 1.82) is 0 Å². The molecule has 1 saturated carbocycles. The van der Waals surface area contributed by atoms with Gasteiger partial charge in [-0.2, -0.15) is 0 Å². The highest BCUT2D eigenvalue weighted by molar-refractivity contribution is 6.02. The second-order valence-corrected chi connectivity index (χ2v) is 9.14. The van der Waals surface area contributed by atoms with Gasteiger partial charge in [0.25, 0.3) is 5.91 Å². The number of anilines is 1. The van der Waals surface area contributed by atoms with Crippen LogP contribution in [0.15, 0.2) is 18.2 Å². The maximum absolute atomic E-state index is 12.7. The molecule has 1 heterocycles. The molecule has 5 heteroatoms. The van der Waals surface area contributed by atoms with Gasteiger partial charge >= 0.3 is 0 Å². The van der Waals surface area contributed by atoms with Crippen LogP contribution in [-0.2, 0) is 15.0 Å². The highest BCUT2D eigenvalue weighted by Gasteiger charge is 2.32. The minimum atomic E-state index is -0.172. The lowest BCUT2D eigenvalue weighted by Crippen LogP contribution is -2.50. The number of nitrogens with one attached hydrogen (secondary N) is 1. The third-order valence-corrected chi connectivity index (χ3v) is 6.12. The van der Waals surface area contributed by atoms with Crippen molar-refractivity contribution in [3.63, 3.8) is 0 Å². The number of carbonyl (C=O) groups is 2. The van der Waals surface area contributed by atoms with E-state index in [0.717, 1.165) is 18.4 Å². The predicted molar refractivity (Wildman–Crippen MR) is 107 cm³/mol. The summed E-state index contributed by atoms with van der Waals surface area (Å²) in [6.07, 6.45) is 3.38. The Morgan fingerprint density at radius 1 is 1.26 bits per heavy atom. The minimum absolute atomic E-state index is 0.0218. The normalized spacial score (nSPS) is 25.6. The van der Waals surface area contributed by atoms with E-state index in [2.05, 4.69) is 39.9 Å². The molecule has 0 radical (unpaired) electrons. The fraction of sp³-hybridized carbons (Fsp3) is 0.636. The Kier molecular flexibility index (Phi) is 5.50. The zero-order chi connectivity index (χ0) is 19.8. The Bertz CT molecular complexity index is 723. The molecule has 0 unspecified atom stereocenters. The number of hydrogen-bond acceptors (Lipinski definition) is 3. The van der Waals surface area contributed by atoms with Crippen molar-refractivity contribution in [2.24, 2.45) is 11.8 Å². The summed E-state index contributed by atoms with van der Waals surface area (Å²) in [5.41, 5.74) is 1.76. The molecule has 2 aliphatic rings. The Balaban J connectivity index is 1.76. The van der Waals surface area contributed by atoms with Crippen LogP contribution in [-0.4, -0.2) is 31.0 Å². The molecule has 1 aromatic rings. The first-order chi connectivity index (χ1) is 12.7. The Hall–Kier alpha value is -2.04. The first-order valence-electron chi connectivity index (χ1n) is 10.0. The maximum Gasteiger partial charge on any atom is 0.265 e. The molecule has 0 spiro atoms. The monoisotopic (exact) mass is 372 g/mol. The third-order valence-electron chi connectivity index (χ3n) is 6.12. The summed E-state index contributed by atoms with van der Waals surface area (Å²) in [7, 11) is 0. The van der Waals surface area contributed by atoms with Crippen LogP contribution in [0.4, 0.5) is 5.69 Å². The number of carbonyl (C=O) groups excluding carboxylic acids is 2. The van der Waals surface area contributed by atoms with E-state index >= 15 is 0 Å². The molecule has 1 aromatic carbocycles. The van der Waals surface area contributed by atoms with Crippen molar-refractivity contribution < 1.29 is 14.3 Å². The zero-order valence-electron chi connectivity index (χ0n) is 17.2. The van der Waals surface area contributed by atoms with Gasteiger partial charge in [-0.3, -0.25) is 14.5 Å². The number of hydrogen-bond donors (Lipinski definition) is 1. The lowest BCUT2D eigenvalue weighted by atomic mass is 9.78. The van der Waals surface area contributed by atoms with Crippen molar-refractivity contribution in [3.05, 3.63) is 23.8 Å². The average Bonchev–Trinajstić information content (AvgIpc) is 2.60. The van der Waals surface area contributed by atoms with Gasteiger partial charge in [0.05, 0.1) is 5.69 Å². The topological polar surface area (TPSA) is 58.6 Å². The van der Waals surface area contributed by atoms with Crippen LogP contribution < -0.4 is 15.0 Å². The summed E-state index contributed by atoms with van der Waals surface area (Å²) < 4.78 is 5.57. The first-order valence-corrected chi connectivity index (χ1v) is 10.0. The number of rotatable bonds is 3. The molecule has 2 amide bonds. The number of ether oxygens (including phenoxy) is 1. The van der Waals surface area contributed by atoms with Crippen LogP contribution in [0.3, 0.4) is 0 Å². The Morgan fingerprint density at radius 2 is 2.00 bits per heavy atom. The number of benzene rings is 1. The van der Waals surface area contributed by atoms with Gasteiger partial charge in [-0.15, -0.1) is 0 Å². The van der Waals surface area contributed by atoms with E-state index in [-0.39, 0.29) is 36.4 Å². The Labute approximate surface area is 162 Å². The van der Waals surface area contributed by atoms with Gasteiger partial charge in [-0.05, 0) is 41.4 Å². The average molecular weight is 373 g/mol. The number of nitrogens with zero attached hydrogens (tertiary/aromatic N) is 1. The van der Waals surface area contributed by atoms with E-state index in [1.54, 1.807) is 4.90 Å². The van der Waals surface area contributed by atoms with E-state index in [1.807, 2.05) is 18.2 Å². The lowest BCUT2D eigenvalue weighted by molar-refractivity contribution is -0.126. The molecular formula is C22H32N2O3. The fourth-order valence-electron chi connectivity index (χ4n) is 4.02. The number of amides is 2. The summed E-state index contributed by atoms with van der Waals surface area (Å²) in [6.45, 7) is 10.9. The van der Waals surface area contributed by atoms with Crippen LogP contribution in [0.1, 0.15) is 59.4 Å². The third kappa shape index (κ3) is 4.28. The zero-order valence-corrected chi connectivity index (χ0v) is 17.2. The van der Waals surface area contributed by atoms with Crippen LogP contribution in [0.5, 0.6) is 5.75 Å². The van der Waals surface area contributed by atoms with Crippen LogP contribution in [0.25, 0.3) is 0 Å². The molecule has 0 bridgehead atoms. The van der Waals surface area contributed by atoms with Crippen molar-refractivity contribution in [2.75, 3.05) is 18.1 Å². The molecule has 0 aromatic heterocycles.